The molecule has 0 fully saturated rings. The summed E-state index contributed by atoms with van der Waals surface area (Å²) in [5, 5.41) is 0. The first-order valence-electron chi connectivity index (χ1n) is 7.47. The second-order valence-corrected chi connectivity index (χ2v) is 5.65. The van der Waals surface area contributed by atoms with Crippen LogP contribution in [0.5, 0.6) is 0 Å². The summed E-state index contributed by atoms with van der Waals surface area (Å²) in [4.78, 5) is 2.56. The van der Waals surface area contributed by atoms with Gasteiger partial charge in [0, 0.05) is 6.54 Å². The lowest BCUT2D eigenvalue weighted by molar-refractivity contribution is 0.266. The summed E-state index contributed by atoms with van der Waals surface area (Å²) in [6.45, 7) is 18.5. The van der Waals surface area contributed by atoms with Crippen molar-refractivity contribution >= 4 is 5.57 Å². The number of hydrogen-bond acceptors (Lipinski definition) is 1. The SMILES string of the molecule is C=C(C)c1cc(CN(CCC)CCC)c(C)cc1C. The van der Waals surface area contributed by atoms with E-state index in [-0.39, 0.29) is 0 Å². The predicted molar refractivity (Wildman–Crippen MR) is 86.5 cm³/mol. The summed E-state index contributed by atoms with van der Waals surface area (Å²) in [6.07, 6.45) is 2.44. The van der Waals surface area contributed by atoms with Gasteiger partial charge in [-0.1, -0.05) is 32.1 Å². The van der Waals surface area contributed by atoms with E-state index in [1.165, 1.54) is 48.2 Å². The highest BCUT2D eigenvalue weighted by atomic mass is 15.1. The minimum atomic E-state index is 1.06. The van der Waals surface area contributed by atoms with Gasteiger partial charge in [0.05, 0.1) is 0 Å². The molecule has 1 nitrogen and oxygen atoms in total. The van der Waals surface area contributed by atoms with E-state index in [9.17, 15) is 0 Å². The van der Waals surface area contributed by atoms with Crippen LogP contribution in [0.4, 0.5) is 0 Å². The Labute approximate surface area is 119 Å². The monoisotopic (exact) mass is 259 g/mol. The fourth-order valence-electron chi connectivity index (χ4n) is 2.67. The Morgan fingerprint density at radius 3 is 2.11 bits per heavy atom. The topological polar surface area (TPSA) is 3.24 Å². The summed E-state index contributed by atoms with van der Waals surface area (Å²) < 4.78 is 0. The maximum absolute atomic E-state index is 4.10. The molecule has 0 aliphatic rings. The van der Waals surface area contributed by atoms with Crippen LogP contribution in [0.1, 0.15) is 55.9 Å². The zero-order valence-electron chi connectivity index (χ0n) is 13.3. The zero-order chi connectivity index (χ0) is 14.4. The molecule has 0 aliphatic heterocycles. The highest BCUT2D eigenvalue weighted by molar-refractivity contribution is 5.65. The van der Waals surface area contributed by atoms with Gasteiger partial charge in [-0.2, -0.15) is 0 Å². The van der Waals surface area contributed by atoms with Crippen LogP contribution < -0.4 is 0 Å². The minimum absolute atomic E-state index is 1.06. The average Bonchev–Trinajstić information content (AvgIpc) is 2.32. The molecule has 0 N–H and O–H groups in total. The molecule has 0 saturated carbocycles. The molecular formula is C18H29N. The molecule has 1 heteroatoms. The van der Waals surface area contributed by atoms with Crippen LogP contribution in [0.25, 0.3) is 5.57 Å². The molecular weight excluding hydrogens is 230 g/mol. The van der Waals surface area contributed by atoms with Crippen LogP contribution >= 0.6 is 0 Å². The van der Waals surface area contributed by atoms with Crippen molar-refractivity contribution in [3.8, 4) is 0 Å². The zero-order valence-corrected chi connectivity index (χ0v) is 13.3. The Morgan fingerprint density at radius 2 is 1.63 bits per heavy atom. The normalized spacial score (nSPS) is 11.1. The summed E-state index contributed by atoms with van der Waals surface area (Å²) in [5.41, 5.74) is 6.67. The molecule has 0 saturated heterocycles. The molecule has 1 rings (SSSR count). The van der Waals surface area contributed by atoms with Crippen molar-refractivity contribution in [1.29, 1.82) is 0 Å². The third-order valence-electron chi connectivity index (χ3n) is 3.62. The van der Waals surface area contributed by atoms with Crippen LogP contribution in [0, 0.1) is 13.8 Å². The molecule has 1 aromatic rings. The Hall–Kier alpha value is -1.08. The number of aryl methyl sites for hydroxylation is 2. The van der Waals surface area contributed by atoms with Crippen LogP contribution in [-0.2, 0) is 6.54 Å². The third-order valence-corrected chi connectivity index (χ3v) is 3.62. The van der Waals surface area contributed by atoms with Crippen molar-refractivity contribution in [2.24, 2.45) is 0 Å². The molecule has 0 heterocycles. The van der Waals surface area contributed by atoms with Gasteiger partial charge in [0.1, 0.15) is 0 Å². The van der Waals surface area contributed by atoms with E-state index in [1.54, 1.807) is 0 Å². The van der Waals surface area contributed by atoms with E-state index < -0.39 is 0 Å². The van der Waals surface area contributed by atoms with Crippen LogP contribution in [-0.4, -0.2) is 18.0 Å². The fourth-order valence-corrected chi connectivity index (χ4v) is 2.67. The van der Waals surface area contributed by atoms with Crippen LogP contribution in [0.15, 0.2) is 18.7 Å². The Kier molecular flexibility index (Phi) is 6.30. The smallest absolute Gasteiger partial charge is 0.0236 e. The van der Waals surface area contributed by atoms with Gasteiger partial charge in [-0.15, -0.1) is 0 Å². The second kappa shape index (κ2) is 7.49. The number of rotatable bonds is 7. The summed E-state index contributed by atoms with van der Waals surface area (Å²) in [6, 6.07) is 4.64. The van der Waals surface area contributed by atoms with Crippen LogP contribution in [0.3, 0.4) is 0 Å². The van der Waals surface area contributed by atoms with Gasteiger partial charge in [0.2, 0.25) is 0 Å². The lowest BCUT2D eigenvalue weighted by Gasteiger charge is -2.23. The Balaban J connectivity index is 2.98. The Morgan fingerprint density at radius 1 is 1.05 bits per heavy atom. The highest BCUT2D eigenvalue weighted by Crippen LogP contribution is 2.23. The van der Waals surface area contributed by atoms with Crippen LogP contribution in [0.2, 0.25) is 0 Å². The van der Waals surface area contributed by atoms with Crippen molar-refractivity contribution in [2.75, 3.05) is 13.1 Å². The first-order chi connectivity index (χ1) is 8.99. The second-order valence-electron chi connectivity index (χ2n) is 5.65. The number of benzene rings is 1. The third kappa shape index (κ3) is 4.50. The van der Waals surface area contributed by atoms with Gasteiger partial charge in [-0.3, -0.25) is 4.90 Å². The van der Waals surface area contributed by atoms with Crippen molar-refractivity contribution < 1.29 is 0 Å². The summed E-state index contributed by atoms with van der Waals surface area (Å²) in [7, 11) is 0. The van der Waals surface area contributed by atoms with Gasteiger partial charge in [-0.05, 0) is 75.0 Å². The van der Waals surface area contributed by atoms with E-state index >= 15 is 0 Å². The summed E-state index contributed by atoms with van der Waals surface area (Å²) in [5.74, 6) is 0. The van der Waals surface area contributed by atoms with Crippen molar-refractivity contribution in [2.45, 2.75) is 54.0 Å². The fraction of sp³-hybridized carbons (Fsp3) is 0.556. The van der Waals surface area contributed by atoms with Crippen molar-refractivity contribution in [3.63, 3.8) is 0 Å². The Bertz CT molecular complexity index is 426. The first-order valence-corrected chi connectivity index (χ1v) is 7.47. The van der Waals surface area contributed by atoms with E-state index in [4.69, 9.17) is 0 Å². The molecule has 106 valence electrons. The lowest BCUT2D eigenvalue weighted by atomic mass is 9.96. The molecule has 19 heavy (non-hydrogen) atoms. The van der Waals surface area contributed by atoms with Gasteiger partial charge in [0.25, 0.3) is 0 Å². The maximum atomic E-state index is 4.10. The van der Waals surface area contributed by atoms with Crippen molar-refractivity contribution in [1.82, 2.24) is 4.90 Å². The molecule has 0 amide bonds. The molecule has 0 unspecified atom stereocenters. The largest absolute Gasteiger partial charge is 0.299 e. The standard InChI is InChI=1S/C18H29N/c1-7-9-19(10-8-2)13-17-12-18(14(3)4)16(6)11-15(17)5/h11-12H,3,7-10,13H2,1-2,4-6H3. The number of nitrogens with zero attached hydrogens (tertiary/aromatic N) is 1. The van der Waals surface area contributed by atoms with E-state index in [0.717, 1.165) is 12.1 Å². The molecule has 0 spiro atoms. The van der Waals surface area contributed by atoms with Gasteiger partial charge < -0.3 is 0 Å². The maximum Gasteiger partial charge on any atom is 0.0236 e. The molecule has 0 radical (unpaired) electrons. The van der Waals surface area contributed by atoms with Gasteiger partial charge >= 0.3 is 0 Å². The van der Waals surface area contributed by atoms with Crippen molar-refractivity contribution in [3.05, 3.63) is 41.0 Å². The number of allylic oxidation sites excluding steroid dienone is 1. The van der Waals surface area contributed by atoms with E-state index in [1.807, 2.05) is 0 Å². The van der Waals surface area contributed by atoms with E-state index in [0.29, 0.717) is 0 Å². The molecule has 0 aliphatic carbocycles. The first kappa shape index (κ1) is 16.0. The van der Waals surface area contributed by atoms with E-state index in [2.05, 4.69) is 58.2 Å². The summed E-state index contributed by atoms with van der Waals surface area (Å²) >= 11 is 0. The highest BCUT2D eigenvalue weighted by Gasteiger charge is 2.09. The molecule has 0 bridgehead atoms. The quantitative estimate of drug-likeness (QED) is 0.669. The minimum Gasteiger partial charge on any atom is -0.299 e. The molecule has 0 atom stereocenters. The molecule has 0 aromatic heterocycles. The number of hydrogen-bond donors (Lipinski definition) is 0. The molecule has 1 aromatic carbocycles. The average molecular weight is 259 g/mol. The van der Waals surface area contributed by atoms with Gasteiger partial charge in [-0.25, -0.2) is 0 Å². The van der Waals surface area contributed by atoms with Gasteiger partial charge in [0.15, 0.2) is 0 Å². The predicted octanol–water partition coefficient (Wildman–Crippen LogP) is 4.96. The lowest BCUT2D eigenvalue weighted by Crippen LogP contribution is -2.25.